The lowest BCUT2D eigenvalue weighted by molar-refractivity contribution is 0.324. The summed E-state index contributed by atoms with van der Waals surface area (Å²) in [7, 11) is 0.766. The second kappa shape index (κ2) is 9.48. The summed E-state index contributed by atoms with van der Waals surface area (Å²) in [5, 5.41) is 0. The highest BCUT2D eigenvalue weighted by Gasteiger charge is 2.14. The summed E-state index contributed by atoms with van der Waals surface area (Å²) in [6.07, 6.45) is 1.60. The Bertz CT molecular complexity index is 1150. The predicted molar refractivity (Wildman–Crippen MR) is 117 cm³/mol. The lowest BCUT2D eigenvalue weighted by atomic mass is 10.2. The minimum atomic E-state index is -3.81. The van der Waals surface area contributed by atoms with Crippen LogP contribution in [0.3, 0.4) is 0 Å². The number of nitrogens with one attached hydrogen (secondary N) is 1. The molecule has 0 saturated carbocycles. The van der Waals surface area contributed by atoms with E-state index in [0.29, 0.717) is 28.5 Å². The fourth-order valence-electron chi connectivity index (χ4n) is 2.77. The van der Waals surface area contributed by atoms with E-state index in [2.05, 4.69) is 9.71 Å². The van der Waals surface area contributed by atoms with Gasteiger partial charge in [-0.15, -0.1) is 0 Å². The standard InChI is InChI=1S/C22H21FN2O5S/c1-28-20-12-15(13-21(29-2)22(20)30-3)14-24-17-8-10-19(11-9-17)31(26,27)25-18-6-4-16(23)5-7-18/h4-14,25H,1-3H3. The van der Waals surface area contributed by atoms with E-state index in [1.54, 1.807) is 30.5 Å². The van der Waals surface area contributed by atoms with E-state index in [1.165, 1.54) is 57.7 Å². The number of nitrogens with zero attached hydrogens (tertiary/aromatic N) is 1. The summed E-state index contributed by atoms with van der Waals surface area (Å²) in [5.74, 6) is 1.02. The fraction of sp³-hybridized carbons (Fsp3) is 0.136. The van der Waals surface area contributed by atoms with Crippen LogP contribution in [0.4, 0.5) is 15.8 Å². The monoisotopic (exact) mass is 444 g/mol. The van der Waals surface area contributed by atoms with E-state index in [0.717, 1.165) is 0 Å². The first-order chi connectivity index (χ1) is 14.9. The Morgan fingerprint density at radius 1 is 0.871 bits per heavy atom. The third-order valence-electron chi connectivity index (χ3n) is 4.29. The van der Waals surface area contributed by atoms with Crippen molar-refractivity contribution >= 4 is 27.6 Å². The molecule has 0 heterocycles. The van der Waals surface area contributed by atoms with Gasteiger partial charge >= 0.3 is 0 Å². The smallest absolute Gasteiger partial charge is 0.261 e. The van der Waals surface area contributed by atoms with Crippen LogP contribution in [-0.2, 0) is 10.0 Å². The molecule has 7 nitrogen and oxygen atoms in total. The molecule has 0 aliphatic carbocycles. The average Bonchev–Trinajstić information content (AvgIpc) is 2.78. The molecule has 0 amide bonds. The maximum absolute atomic E-state index is 13.0. The van der Waals surface area contributed by atoms with E-state index < -0.39 is 15.8 Å². The van der Waals surface area contributed by atoms with Gasteiger partial charge in [0.2, 0.25) is 5.75 Å². The number of sulfonamides is 1. The number of anilines is 1. The number of hydrogen-bond donors (Lipinski definition) is 1. The number of ether oxygens (including phenoxy) is 3. The lowest BCUT2D eigenvalue weighted by Gasteiger charge is -2.12. The van der Waals surface area contributed by atoms with Crippen LogP contribution in [-0.4, -0.2) is 36.0 Å². The van der Waals surface area contributed by atoms with Gasteiger partial charge in [0.05, 0.1) is 31.9 Å². The number of halogens is 1. The van der Waals surface area contributed by atoms with Crippen molar-refractivity contribution in [2.75, 3.05) is 26.1 Å². The highest BCUT2D eigenvalue weighted by molar-refractivity contribution is 7.92. The summed E-state index contributed by atoms with van der Waals surface area (Å²) in [6.45, 7) is 0. The van der Waals surface area contributed by atoms with E-state index in [4.69, 9.17) is 14.2 Å². The van der Waals surface area contributed by atoms with Gasteiger partial charge in [0.1, 0.15) is 5.82 Å². The SMILES string of the molecule is COc1cc(C=Nc2ccc(S(=O)(=O)Nc3ccc(F)cc3)cc2)cc(OC)c1OC. The van der Waals surface area contributed by atoms with Crippen molar-refractivity contribution in [3.63, 3.8) is 0 Å². The molecule has 0 aliphatic heterocycles. The lowest BCUT2D eigenvalue weighted by Crippen LogP contribution is -2.12. The van der Waals surface area contributed by atoms with Crippen LogP contribution in [0.1, 0.15) is 5.56 Å². The molecule has 0 radical (unpaired) electrons. The highest BCUT2D eigenvalue weighted by atomic mass is 32.2. The molecule has 0 saturated heterocycles. The largest absolute Gasteiger partial charge is 0.493 e. The van der Waals surface area contributed by atoms with Crippen LogP contribution in [0.2, 0.25) is 0 Å². The first-order valence-corrected chi connectivity index (χ1v) is 10.6. The van der Waals surface area contributed by atoms with Crippen molar-refractivity contribution in [2.24, 2.45) is 4.99 Å². The molecular formula is C22H21FN2O5S. The van der Waals surface area contributed by atoms with E-state index >= 15 is 0 Å². The molecule has 31 heavy (non-hydrogen) atoms. The van der Waals surface area contributed by atoms with Gasteiger partial charge in [-0.05, 0) is 60.7 Å². The van der Waals surface area contributed by atoms with E-state index in [9.17, 15) is 12.8 Å². The number of methoxy groups -OCH3 is 3. The summed E-state index contributed by atoms with van der Waals surface area (Å²) in [6, 6.07) is 14.6. The molecule has 3 aromatic rings. The summed E-state index contributed by atoms with van der Waals surface area (Å²) >= 11 is 0. The quantitative estimate of drug-likeness (QED) is 0.521. The predicted octanol–water partition coefficient (Wildman–Crippen LogP) is 4.40. The maximum atomic E-state index is 13.0. The summed E-state index contributed by atoms with van der Waals surface area (Å²) < 4.78 is 56.3. The molecule has 0 fully saturated rings. The summed E-state index contributed by atoms with van der Waals surface area (Å²) in [5.41, 5.74) is 1.53. The van der Waals surface area contributed by atoms with Crippen molar-refractivity contribution in [2.45, 2.75) is 4.90 Å². The molecule has 0 unspecified atom stereocenters. The van der Waals surface area contributed by atoms with Crippen molar-refractivity contribution < 1.29 is 27.0 Å². The minimum absolute atomic E-state index is 0.0589. The van der Waals surface area contributed by atoms with Gasteiger partial charge in [0, 0.05) is 17.5 Å². The zero-order chi connectivity index (χ0) is 22.4. The Labute approximate surface area is 180 Å². The zero-order valence-corrected chi connectivity index (χ0v) is 17.9. The van der Waals surface area contributed by atoms with Crippen LogP contribution in [0.25, 0.3) is 0 Å². The van der Waals surface area contributed by atoms with Gasteiger partial charge in [-0.3, -0.25) is 9.71 Å². The van der Waals surface area contributed by atoms with Crippen molar-refractivity contribution in [3.05, 3.63) is 72.0 Å². The van der Waals surface area contributed by atoms with Crippen LogP contribution in [0, 0.1) is 5.82 Å². The molecular weight excluding hydrogens is 423 g/mol. The normalized spacial score (nSPS) is 11.4. The van der Waals surface area contributed by atoms with Gasteiger partial charge in [-0.25, -0.2) is 12.8 Å². The van der Waals surface area contributed by atoms with Gasteiger partial charge in [-0.1, -0.05) is 0 Å². The number of rotatable bonds is 8. The molecule has 9 heteroatoms. The van der Waals surface area contributed by atoms with Crippen LogP contribution < -0.4 is 18.9 Å². The van der Waals surface area contributed by atoms with Gasteiger partial charge < -0.3 is 14.2 Å². The Kier molecular flexibility index (Phi) is 6.76. The molecule has 1 N–H and O–H groups in total. The second-order valence-corrected chi connectivity index (χ2v) is 8.01. The number of aliphatic imine (C=N–C) groups is 1. The van der Waals surface area contributed by atoms with Crippen LogP contribution in [0.5, 0.6) is 17.2 Å². The molecule has 0 bridgehead atoms. The number of benzene rings is 3. The third kappa shape index (κ3) is 5.32. The van der Waals surface area contributed by atoms with Gasteiger partial charge in [-0.2, -0.15) is 0 Å². The molecule has 3 rings (SSSR count). The molecule has 0 aliphatic rings. The van der Waals surface area contributed by atoms with Crippen molar-refractivity contribution in [1.29, 1.82) is 0 Å². The molecule has 0 spiro atoms. The topological polar surface area (TPSA) is 86.2 Å². The Morgan fingerprint density at radius 3 is 1.97 bits per heavy atom. The van der Waals surface area contributed by atoms with Gasteiger partial charge in [0.15, 0.2) is 11.5 Å². The average molecular weight is 444 g/mol. The summed E-state index contributed by atoms with van der Waals surface area (Å²) in [4.78, 5) is 4.42. The Morgan fingerprint density at radius 2 is 1.45 bits per heavy atom. The van der Waals surface area contributed by atoms with E-state index in [1.807, 2.05) is 0 Å². The van der Waals surface area contributed by atoms with Crippen molar-refractivity contribution in [1.82, 2.24) is 0 Å². The second-order valence-electron chi connectivity index (χ2n) is 6.32. The highest BCUT2D eigenvalue weighted by Crippen LogP contribution is 2.37. The van der Waals surface area contributed by atoms with E-state index in [-0.39, 0.29) is 10.6 Å². The van der Waals surface area contributed by atoms with Crippen LogP contribution in [0.15, 0.2) is 70.6 Å². The van der Waals surface area contributed by atoms with Crippen molar-refractivity contribution in [3.8, 4) is 17.2 Å². The molecule has 0 atom stereocenters. The molecule has 162 valence electrons. The minimum Gasteiger partial charge on any atom is -0.493 e. The van der Waals surface area contributed by atoms with Gasteiger partial charge in [0.25, 0.3) is 10.0 Å². The molecule has 3 aromatic carbocycles. The Hall–Kier alpha value is -3.59. The molecule has 0 aromatic heterocycles. The first-order valence-electron chi connectivity index (χ1n) is 9.09. The first kappa shape index (κ1) is 22.1. The Balaban J connectivity index is 1.79. The maximum Gasteiger partial charge on any atom is 0.261 e. The fourth-order valence-corrected chi connectivity index (χ4v) is 3.83. The number of hydrogen-bond acceptors (Lipinski definition) is 6. The third-order valence-corrected chi connectivity index (χ3v) is 5.69. The zero-order valence-electron chi connectivity index (χ0n) is 17.1. The van der Waals surface area contributed by atoms with Crippen LogP contribution >= 0.6 is 0 Å².